The summed E-state index contributed by atoms with van der Waals surface area (Å²) in [4.78, 5) is 29.4. The van der Waals surface area contributed by atoms with E-state index in [1.807, 2.05) is 18.8 Å². The lowest BCUT2D eigenvalue weighted by Crippen LogP contribution is -2.35. The maximum absolute atomic E-state index is 13.6. The molecule has 3 unspecified atom stereocenters. The second kappa shape index (κ2) is 10.4. The van der Waals surface area contributed by atoms with Crippen LogP contribution in [0.15, 0.2) is 20.8 Å². The van der Waals surface area contributed by atoms with Gasteiger partial charge in [-0.25, -0.2) is 9.46 Å². The van der Waals surface area contributed by atoms with E-state index in [9.17, 15) is 14.0 Å². The number of hydrogen-bond acceptors (Lipinski definition) is 7. The summed E-state index contributed by atoms with van der Waals surface area (Å²) < 4.78 is 34.7. The largest absolute Gasteiger partial charge is 0.425 e. The lowest BCUT2D eigenvalue weighted by molar-refractivity contribution is -0.00822. The van der Waals surface area contributed by atoms with E-state index >= 15 is 0 Å². The lowest BCUT2D eigenvalue weighted by Gasteiger charge is -2.36. The number of H-pyrrole nitrogens is 1. The minimum Gasteiger partial charge on any atom is -0.425 e. The molecule has 2 rings (SSSR count). The smallest absolute Gasteiger partial charge is 0.330 e. The summed E-state index contributed by atoms with van der Waals surface area (Å²) in [5.74, 6) is -1.04. The standard InChI is InChI=1S/C18H30FN4O5P/c1-7-20-10-26-29(23(11(2)3)12(4)5)28-15-8-16(27-13(15)6)22-9-14(19)17(24)21-18(22)25/h9-13,15-16H,7-8H2,1-6H3,(H,21,24,25)/t13?,15-,16?,29?/m1/s1. The molecule has 1 fully saturated rings. The first kappa shape index (κ1) is 23.7. The van der Waals surface area contributed by atoms with Crippen LogP contribution in [0, 0.1) is 5.82 Å². The molecule has 2 heterocycles. The zero-order valence-electron chi connectivity index (χ0n) is 17.7. The van der Waals surface area contributed by atoms with E-state index < -0.39 is 31.8 Å². The van der Waals surface area contributed by atoms with Crippen molar-refractivity contribution < 1.29 is 18.2 Å². The zero-order valence-corrected chi connectivity index (χ0v) is 18.6. The number of aliphatic imine (C=N–C) groups is 1. The quantitative estimate of drug-likeness (QED) is 0.366. The fourth-order valence-corrected chi connectivity index (χ4v) is 4.79. The summed E-state index contributed by atoms with van der Waals surface area (Å²) in [5.41, 5.74) is -1.78. The van der Waals surface area contributed by atoms with Crippen molar-refractivity contribution in [3.05, 3.63) is 32.9 Å². The minimum absolute atomic E-state index is 0.167. The maximum atomic E-state index is 13.6. The zero-order chi connectivity index (χ0) is 21.7. The number of hydrogen-bond donors (Lipinski definition) is 1. The van der Waals surface area contributed by atoms with Crippen molar-refractivity contribution in [3.8, 4) is 0 Å². The molecule has 1 aliphatic rings. The van der Waals surface area contributed by atoms with Crippen LogP contribution in [0.2, 0.25) is 0 Å². The molecule has 9 nitrogen and oxygen atoms in total. The highest BCUT2D eigenvalue weighted by atomic mass is 31.2. The Kier molecular flexibility index (Phi) is 8.51. The molecule has 0 radical (unpaired) electrons. The highest BCUT2D eigenvalue weighted by molar-refractivity contribution is 7.45. The summed E-state index contributed by atoms with van der Waals surface area (Å²) in [6.45, 7) is 12.5. The van der Waals surface area contributed by atoms with Crippen LogP contribution in [0.4, 0.5) is 4.39 Å². The molecule has 164 valence electrons. The van der Waals surface area contributed by atoms with E-state index in [-0.39, 0.29) is 24.3 Å². The molecule has 0 spiro atoms. The highest BCUT2D eigenvalue weighted by Crippen LogP contribution is 2.49. The fourth-order valence-electron chi connectivity index (χ4n) is 3.13. The number of nitrogens with one attached hydrogen (secondary N) is 1. The van der Waals surface area contributed by atoms with Crippen molar-refractivity contribution in [1.82, 2.24) is 14.2 Å². The van der Waals surface area contributed by atoms with E-state index in [1.54, 1.807) is 0 Å². The molecule has 0 saturated carbocycles. The maximum Gasteiger partial charge on any atom is 0.330 e. The van der Waals surface area contributed by atoms with Gasteiger partial charge in [0.05, 0.1) is 18.4 Å². The van der Waals surface area contributed by atoms with Crippen molar-refractivity contribution in [2.45, 2.75) is 78.5 Å². The second-order valence-corrected chi connectivity index (χ2v) is 8.69. The van der Waals surface area contributed by atoms with Gasteiger partial charge in [0.25, 0.3) is 5.56 Å². The molecule has 1 aromatic heterocycles. The summed E-state index contributed by atoms with van der Waals surface area (Å²) in [6, 6.07) is 0.334. The van der Waals surface area contributed by atoms with E-state index in [2.05, 4.69) is 37.4 Å². The van der Waals surface area contributed by atoms with Gasteiger partial charge in [0.2, 0.25) is 5.82 Å². The fraction of sp³-hybridized carbons (Fsp3) is 0.722. The Morgan fingerprint density at radius 1 is 1.41 bits per heavy atom. The number of halogens is 1. The number of ether oxygens (including phenoxy) is 1. The summed E-state index contributed by atoms with van der Waals surface area (Å²) >= 11 is 0. The Labute approximate surface area is 170 Å². The van der Waals surface area contributed by atoms with Gasteiger partial charge in [-0.05, 0) is 41.5 Å². The number of rotatable bonds is 9. The van der Waals surface area contributed by atoms with Crippen LogP contribution in [0.25, 0.3) is 0 Å². The molecule has 1 saturated heterocycles. The Bertz CT molecular complexity index is 804. The van der Waals surface area contributed by atoms with Gasteiger partial charge in [0.15, 0.2) is 6.40 Å². The number of aromatic nitrogens is 2. The third-order valence-electron chi connectivity index (χ3n) is 4.43. The van der Waals surface area contributed by atoms with Gasteiger partial charge in [-0.2, -0.15) is 4.39 Å². The molecular formula is C18H30FN4O5P. The van der Waals surface area contributed by atoms with Crippen molar-refractivity contribution >= 4 is 14.9 Å². The SMILES string of the molecule is CCN=COP(O[C@@H]1CC(n2cc(F)c(=O)[nH]c2=O)OC1C)N(C(C)C)C(C)C. The molecule has 0 aliphatic carbocycles. The molecule has 0 bridgehead atoms. The van der Waals surface area contributed by atoms with Gasteiger partial charge < -0.3 is 13.8 Å². The first-order chi connectivity index (χ1) is 13.6. The van der Waals surface area contributed by atoms with Gasteiger partial charge in [0, 0.05) is 25.0 Å². The predicted molar refractivity (Wildman–Crippen MR) is 110 cm³/mol. The van der Waals surface area contributed by atoms with Gasteiger partial charge in [0.1, 0.15) is 6.23 Å². The van der Waals surface area contributed by atoms with Crippen LogP contribution in [-0.2, 0) is 13.8 Å². The molecule has 1 aliphatic heterocycles. The lowest BCUT2D eigenvalue weighted by atomic mass is 10.2. The summed E-state index contributed by atoms with van der Waals surface area (Å²) in [7, 11) is -1.47. The van der Waals surface area contributed by atoms with Gasteiger partial charge in [-0.3, -0.25) is 19.3 Å². The van der Waals surface area contributed by atoms with Crippen molar-refractivity contribution in [3.63, 3.8) is 0 Å². The molecule has 29 heavy (non-hydrogen) atoms. The van der Waals surface area contributed by atoms with Crippen LogP contribution in [0.5, 0.6) is 0 Å². The van der Waals surface area contributed by atoms with Gasteiger partial charge in [-0.1, -0.05) is 0 Å². The first-order valence-corrected chi connectivity index (χ1v) is 10.8. The van der Waals surface area contributed by atoms with Crippen LogP contribution < -0.4 is 11.2 Å². The normalized spacial score (nSPS) is 23.6. The molecule has 1 N–H and O–H groups in total. The van der Waals surface area contributed by atoms with Crippen molar-refractivity contribution in [2.24, 2.45) is 4.99 Å². The minimum atomic E-state index is -1.47. The highest BCUT2D eigenvalue weighted by Gasteiger charge is 2.39. The Balaban J connectivity index is 2.21. The molecule has 1 aromatic rings. The Morgan fingerprint density at radius 3 is 2.66 bits per heavy atom. The first-order valence-electron chi connectivity index (χ1n) is 9.72. The van der Waals surface area contributed by atoms with Crippen LogP contribution in [0.1, 0.15) is 54.2 Å². The van der Waals surface area contributed by atoms with Crippen LogP contribution in [0.3, 0.4) is 0 Å². The average Bonchev–Trinajstić information content (AvgIpc) is 2.98. The number of nitrogens with zero attached hydrogens (tertiary/aromatic N) is 3. The second-order valence-electron chi connectivity index (χ2n) is 7.33. The van der Waals surface area contributed by atoms with Crippen molar-refractivity contribution in [2.75, 3.05) is 6.54 Å². The molecule has 0 amide bonds. The topological polar surface area (TPSA) is 98.2 Å². The predicted octanol–water partition coefficient (Wildman–Crippen LogP) is 2.78. The molecular weight excluding hydrogens is 402 g/mol. The third-order valence-corrected chi connectivity index (χ3v) is 6.46. The van der Waals surface area contributed by atoms with E-state index in [1.165, 1.54) is 6.40 Å². The van der Waals surface area contributed by atoms with Gasteiger partial charge in [-0.15, -0.1) is 0 Å². The Hall–Kier alpha value is -1.61. The van der Waals surface area contributed by atoms with Crippen molar-refractivity contribution in [1.29, 1.82) is 0 Å². The Morgan fingerprint density at radius 2 is 2.07 bits per heavy atom. The average molecular weight is 432 g/mol. The van der Waals surface area contributed by atoms with E-state index in [0.29, 0.717) is 13.0 Å². The van der Waals surface area contributed by atoms with Crippen LogP contribution in [-0.4, -0.2) is 51.5 Å². The third kappa shape index (κ3) is 5.94. The molecule has 0 aromatic carbocycles. The van der Waals surface area contributed by atoms with E-state index in [4.69, 9.17) is 13.8 Å². The summed E-state index contributed by atoms with van der Waals surface area (Å²) in [6.07, 6.45) is 1.08. The molecule has 11 heteroatoms. The van der Waals surface area contributed by atoms with Gasteiger partial charge >= 0.3 is 14.2 Å². The number of aromatic amines is 1. The van der Waals surface area contributed by atoms with Crippen LogP contribution >= 0.6 is 8.53 Å². The monoisotopic (exact) mass is 432 g/mol. The van der Waals surface area contributed by atoms with E-state index in [0.717, 1.165) is 10.8 Å². The molecule has 4 atom stereocenters. The summed E-state index contributed by atoms with van der Waals surface area (Å²) in [5, 5.41) is 0.